The number of fused-ring (bicyclic) bond motifs is 6. The van der Waals surface area contributed by atoms with E-state index in [-0.39, 0.29) is 22.9 Å². The Balaban J connectivity index is 1.67. The topological polar surface area (TPSA) is 90.7 Å². The quantitative estimate of drug-likeness (QED) is 0.646. The number of carboxylic acid groups (broad SMARTS) is 1. The lowest BCUT2D eigenvalue weighted by atomic mass is 9.78. The van der Waals surface area contributed by atoms with Crippen LogP contribution in [0, 0.1) is 5.41 Å². The first kappa shape index (κ1) is 21.2. The van der Waals surface area contributed by atoms with Crippen molar-refractivity contribution in [1.82, 2.24) is 9.55 Å². The molecule has 7 heteroatoms. The van der Waals surface area contributed by atoms with Crippen molar-refractivity contribution in [2.45, 2.75) is 63.8 Å². The van der Waals surface area contributed by atoms with Crippen molar-refractivity contribution >= 4 is 5.97 Å². The number of rotatable bonds is 7. The van der Waals surface area contributed by atoms with E-state index in [0.717, 1.165) is 60.5 Å². The van der Waals surface area contributed by atoms with E-state index < -0.39 is 11.4 Å². The Kier molecular flexibility index (Phi) is 5.12. The lowest BCUT2D eigenvalue weighted by Gasteiger charge is -2.39. The summed E-state index contributed by atoms with van der Waals surface area (Å²) in [4.78, 5) is 29.4. The van der Waals surface area contributed by atoms with Crippen LogP contribution in [0.1, 0.15) is 85.4 Å². The Bertz CT molecular complexity index is 1130. The van der Waals surface area contributed by atoms with Crippen LogP contribution in [-0.2, 0) is 4.74 Å². The van der Waals surface area contributed by atoms with Gasteiger partial charge in [-0.2, -0.15) is 0 Å². The highest BCUT2D eigenvalue weighted by Gasteiger charge is 2.48. The van der Waals surface area contributed by atoms with Crippen LogP contribution < -0.4 is 10.2 Å². The Morgan fingerprint density at radius 3 is 2.72 bits per heavy atom. The van der Waals surface area contributed by atoms with Gasteiger partial charge in [-0.05, 0) is 42.7 Å². The summed E-state index contributed by atoms with van der Waals surface area (Å²) in [5, 5.41) is 9.56. The number of carbonyl (C=O) groups is 1. The second kappa shape index (κ2) is 7.73. The molecule has 2 aromatic heterocycles. The van der Waals surface area contributed by atoms with Gasteiger partial charge in [0.15, 0.2) is 5.43 Å². The van der Waals surface area contributed by atoms with Gasteiger partial charge < -0.3 is 19.1 Å². The van der Waals surface area contributed by atoms with Crippen molar-refractivity contribution in [3.8, 4) is 17.1 Å². The predicted molar refractivity (Wildman–Crippen MR) is 120 cm³/mol. The zero-order valence-corrected chi connectivity index (χ0v) is 18.9. The fraction of sp³-hybridized carbons (Fsp3) is 0.560. The molecule has 32 heavy (non-hydrogen) atoms. The number of hydrogen-bond donors (Lipinski definition) is 1. The van der Waals surface area contributed by atoms with Crippen LogP contribution in [0.15, 0.2) is 23.1 Å². The molecule has 0 saturated heterocycles. The van der Waals surface area contributed by atoms with Gasteiger partial charge >= 0.3 is 5.97 Å². The molecule has 3 heterocycles. The van der Waals surface area contributed by atoms with E-state index in [0.29, 0.717) is 19.1 Å². The standard InChI is InChI=1S/C25H30N2O5/c1-25(2)8-7-15-16-11-20(32-10-4-9-31-3)21(14-5-6-14)26-22(16)18-12-19(28)17(24(29)30)13-27(18)23(15)25/h11-15,23H,4-10H2,1-3H3,(H,29,30). The summed E-state index contributed by atoms with van der Waals surface area (Å²) in [6.07, 6.45) is 6.54. The molecular formula is C25H30N2O5. The van der Waals surface area contributed by atoms with Gasteiger partial charge in [-0.25, -0.2) is 9.78 Å². The number of methoxy groups -OCH3 is 1. The molecule has 0 aromatic carbocycles. The van der Waals surface area contributed by atoms with E-state index in [1.165, 1.54) is 6.07 Å². The van der Waals surface area contributed by atoms with Gasteiger partial charge in [0.25, 0.3) is 0 Å². The third-order valence-corrected chi connectivity index (χ3v) is 7.29. The maximum atomic E-state index is 12.6. The fourth-order valence-electron chi connectivity index (χ4n) is 5.57. The minimum absolute atomic E-state index is 0.0312. The molecule has 0 radical (unpaired) electrons. The average Bonchev–Trinajstić information content (AvgIpc) is 3.54. The third-order valence-electron chi connectivity index (χ3n) is 7.29. The lowest BCUT2D eigenvalue weighted by molar-refractivity contribution is 0.0693. The van der Waals surface area contributed by atoms with Crippen molar-refractivity contribution in [1.29, 1.82) is 0 Å². The van der Waals surface area contributed by atoms with Crippen molar-refractivity contribution < 1.29 is 19.4 Å². The van der Waals surface area contributed by atoms with Crippen LogP contribution in [-0.4, -0.2) is 41.0 Å². The van der Waals surface area contributed by atoms with E-state index in [1.807, 2.05) is 4.57 Å². The van der Waals surface area contributed by atoms with Gasteiger partial charge in [0.1, 0.15) is 11.3 Å². The Labute approximate surface area is 187 Å². The van der Waals surface area contributed by atoms with Crippen molar-refractivity contribution in [3.05, 3.63) is 45.4 Å². The fourth-order valence-corrected chi connectivity index (χ4v) is 5.57. The van der Waals surface area contributed by atoms with E-state index in [1.54, 1.807) is 13.3 Å². The Morgan fingerprint density at radius 2 is 2.03 bits per heavy atom. The average molecular weight is 439 g/mol. The first-order chi connectivity index (χ1) is 15.3. The smallest absolute Gasteiger partial charge is 0.341 e. The van der Waals surface area contributed by atoms with Crippen LogP contribution in [0.25, 0.3) is 11.4 Å². The Hall–Kier alpha value is -2.67. The van der Waals surface area contributed by atoms with E-state index in [4.69, 9.17) is 14.5 Å². The second-order valence-electron chi connectivity index (χ2n) is 10.0. The maximum Gasteiger partial charge on any atom is 0.341 e. The first-order valence-electron chi connectivity index (χ1n) is 11.5. The van der Waals surface area contributed by atoms with E-state index in [2.05, 4.69) is 19.9 Å². The lowest BCUT2D eigenvalue weighted by Crippen LogP contribution is -2.32. The number of carboxylic acids is 1. The number of pyridine rings is 2. The molecule has 0 spiro atoms. The maximum absolute atomic E-state index is 12.6. The van der Waals surface area contributed by atoms with Crippen LogP contribution in [0.5, 0.6) is 5.75 Å². The van der Waals surface area contributed by atoms with Gasteiger partial charge in [0.05, 0.1) is 23.7 Å². The highest BCUT2D eigenvalue weighted by atomic mass is 16.5. The highest BCUT2D eigenvalue weighted by molar-refractivity contribution is 5.87. The molecule has 2 fully saturated rings. The van der Waals surface area contributed by atoms with Crippen molar-refractivity contribution in [2.75, 3.05) is 20.3 Å². The molecular weight excluding hydrogens is 408 g/mol. The first-order valence-corrected chi connectivity index (χ1v) is 11.5. The normalized spacial score (nSPS) is 22.7. The van der Waals surface area contributed by atoms with Crippen LogP contribution in [0.3, 0.4) is 0 Å². The SMILES string of the molecule is COCCCOc1cc2c(nc1C1CC1)-c1cc(=O)c(C(=O)O)cn1C1C2CCC1(C)C. The minimum Gasteiger partial charge on any atom is -0.492 e. The predicted octanol–water partition coefficient (Wildman–Crippen LogP) is 4.36. The third kappa shape index (κ3) is 3.43. The molecule has 2 unspecified atom stereocenters. The largest absolute Gasteiger partial charge is 0.492 e. The number of hydrogen-bond acceptors (Lipinski definition) is 5. The summed E-state index contributed by atoms with van der Waals surface area (Å²) in [7, 11) is 1.69. The molecule has 7 nitrogen and oxygen atoms in total. The number of aromatic carboxylic acids is 1. The molecule has 1 N–H and O–H groups in total. The molecule has 2 saturated carbocycles. The number of nitrogens with zero attached hydrogens (tertiary/aromatic N) is 2. The van der Waals surface area contributed by atoms with Crippen LogP contribution in [0.2, 0.25) is 0 Å². The van der Waals surface area contributed by atoms with Crippen molar-refractivity contribution in [3.63, 3.8) is 0 Å². The second-order valence-corrected chi connectivity index (χ2v) is 10.0. The monoisotopic (exact) mass is 438 g/mol. The van der Waals surface area contributed by atoms with Crippen LogP contribution >= 0.6 is 0 Å². The molecule has 2 aliphatic carbocycles. The molecule has 2 aromatic rings. The zero-order chi connectivity index (χ0) is 22.6. The molecule has 0 bridgehead atoms. The van der Waals surface area contributed by atoms with Gasteiger partial charge in [-0.1, -0.05) is 13.8 Å². The van der Waals surface area contributed by atoms with Gasteiger partial charge in [0.2, 0.25) is 0 Å². The van der Waals surface area contributed by atoms with Gasteiger partial charge in [0, 0.05) is 50.3 Å². The summed E-state index contributed by atoms with van der Waals surface area (Å²) < 4.78 is 13.3. The van der Waals surface area contributed by atoms with Gasteiger partial charge in [-0.3, -0.25) is 4.79 Å². The molecule has 170 valence electrons. The molecule has 0 amide bonds. The number of aromatic nitrogens is 2. The molecule has 3 aliphatic rings. The molecule has 1 aliphatic heterocycles. The summed E-state index contributed by atoms with van der Waals surface area (Å²) in [5.74, 6) is 0.256. The molecule has 2 atom stereocenters. The summed E-state index contributed by atoms with van der Waals surface area (Å²) in [5.41, 5.74) is 2.92. The summed E-state index contributed by atoms with van der Waals surface area (Å²) in [6, 6.07) is 3.69. The number of ether oxygens (including phenoxy) is 2. The van der Waals surface area contributed by atoms with Crippen LogP contribution in [0.4, 0.5) is 0 Å². The van der Waals surface area contributed by atoms with E-state index >= 15 is 0 Å². The van der Waals surface area contributed by atoms with Crippen molar-refractivity contribution in [2.24, 2.45) is 5.41 Å². The molecule has 5 rings (SSSR count). The van der Waals surface area contributed by atoms with E-state index in [9.17, 15) is 14.7 Å². The zero-order valence-electron chi connectivity index (χ0n) is 18.9. The minimum atomic E-state index is -1.19. The Morgan fingerprint density at radius 1 is 1.25 bits per heavy atom. The summed E-state index contributed by atoms with van der Waals surface area (Å²) >= 11 is 0. The highest BCUT2D eigenvalue weighted by Crippen LogP contribution is 2.59. The van der Waals surface area contributed by atoms with Gasteiger partial charge in [-0.15, -0.1) is 0 Å². The summed E-state index contributed by atoms with van der Waals surface area (Å²) in [6.45, 7) is 5.67.